The topological polar surface area (TPSA) is 92.6 Å². The number of hydrogen-bond acceptors (Lipinski definition) is 6. The van der Waals surface area contributed by atoms with Crippen LogP contribution >= 0.6 is 0 Å². The van der Waals surface area contributed by atoms with Crippen molar-refractivity contribution in [2.24, 2.45) is 0 Å². The number of likely N-dealkylation sites (tertiary alicyclic amines) is 1. The van der Waals surface area contributed by atoms with Crippen molar-refractivity contribution in [1.82, 2.24) is 24.3 Å². The molecule has 3 rings (SSSR count). The van der Waals surface area contributed by atoms with E-state index in [1.165, 1.54) is 19.3 Å². The van der Waals surface area contributed by atoms with E-state index in [2.05, 4.69) is 29.0 Å². The third-order valence-electron chi connectivity index (χ3n) is 6.46. The van der Waals surface area contributed by atoms with Gasteiger partial charge in [-0.25, -0.2) is 14.8 Å². The lowest BCUT2D eigenvalue weighted by atomic mass is 10.1. The summed E-state index contributed by atoms with van der Waals surface area (Å²) in [6.45, 7) is 11.7. The molecule has 3 heterocycles. The Morgan fingerprint density at radius 1 is 0.972 bits per heavy atom. The molecule has 0 bridgehead atoms. The number of nitrogens with zero attached hydrogens (tertiary/aromatic N) is 5. The number of amides is 2. The first-order valence-electron chi connectivity index (χ1n) is 13.4. The van der Waals surface area contributed by atoms with Crippen molar-refractivity contribution in [2.45, 2.75) is 86.1 Å². The van der Waals surface area contributed by atoms with Gasteiger partial charge in [-0.2, -0.15) is 0 Å². The summed E-state index contributed by atoms with van der Waals surface area (Å²) in [6, 6.07) is 3.57. The lowest BCUT2D eigenvalue weighted by Gasteiger charge is -2.26. The Morgan fingerprint density at radius 2 is 1.67 bits per heavy atom. The molecule has 9 nitrogen and oxygen atoms in total. The van der Waals surface area contributed by atoms with Gasteiger partial charge in [0.25, 0.3) is 5.91 Å². The van der Waals surface area contributed by atoms with Gasteiger partial charge < -0.3 is 14.5 Å². The highest BCUT2D eigenvalue weighted by Crippen LogP contribution is 2.21. The number of unbranched alkanes of at least 4 members (excludes halogenated alkanes) is 2. The maximum atomic E-state index is 13.3. The van der Waals surface area contributed by atoms with E-state index < -0.39 is 6.09 Å². The van der Waals surface area contributed by atoms with Crippen molar-refractivity contribution in [1.29, 1.82) is 0 Å². The quantitative estimate of drug-likeness (QED) is 0.386. The first-order chi connectivity index (χ1) is 17.1. The molecule has 1 aliphatic heterocycles. The number of carbonyl (C=O) groups excluding carboxylic acids is 2. The molecule has 0 atom stereocenters. The highest BCUT2D eigenvalue weighted by Gasteiger charge is 2.21. The fraction of sp³-hybridized carbons (Fsp3) is 0.704. The number of imidazole rings is 1. The van der Waals surface area contributed by atoms with Gasteiger partial charge in [0.15, 0.2) is 5.65 Å². The minimum Gasteiger partial charge on any atom is -0.450 e. The fourth-order valence-electron chi connectivity index (χ4n) is 4.50. The second-order valence-electron chi connectivity index (χ2n) is 9.23. The Morgan fingerprint density at radius 3 is 2.31 bits per heavy atom. The number of aromatic nitrogens is 3. The molecule has 0 saturated carbocycles. The molecule has 36 heavy (non-hydrogen) atoms. The van der Waals surface area contributed by atoms with Gasteiger partial charge in [-0.1, -0.05) is 40.5 Å². The Kier molecular flexibility index (Phi) is 12.7. The van der Waals surface area contributed by atoms with Gasteiger partial charge in [0.2, 0.25) is 5.95 Å². The van der Waals surface area contributed by atoms with Crippen molar-refractivity contribution < 1.29 is 14.3 Å². The summed E-state index contributed by atoms with van der Waals surface area (Å²) in [5, 5.41) is 2.76. The number of anilines is 1. The van der Waals surface area contributed by atoms with Crippen molar-refractivity contribution >= 4 is 29.1 Å². The van der Waals surface area contributed by atoms with E-state index >= 15 is 0 Å². The van der Waals surface area contributed by atoms with Crippen molar-refractivity contribution in [2.75, 3.05) is 44.6 Å². The molecule has 1 saturated heterocycles. The van der Waals surface area contributed by atoms with Crippen molar-refractivity contribution in [3.8, 4) is 0 Å². The van der Waals surface area contributed by atoms with Crippen LogP contribution in [-0.2, 0) is 11.3 Å². The molecular formula is C27H46N6O3. The van der Waals surface area contributed by atoms with Crippen LogP contribution in [0.25, 0.3) is 11.2 Å². The van der Waals surface area contributed by atoms with Crippen LogP contribution in [0, 0.1) is 0 Å². The van der Waals surface area contributed by atoms with Crippen LogP contribution in [0.2, 0.25) is 0 Å². The van der Waals surface area contributed by atoms with E-state index in [1.54, 1.807) is 13.0 Å². The van der Waals surface area contributed by atoms with Gasteiger partial charge >= 0.3 is 6.09 Å². The third-order valence-corrected chi connectivity index (χ3v) is 6.46. The maximum absolute atomic E-state index is 13.3. The molecule has 2 amide bonds. The summed E-state index contributed by atoms with van der Waals surface area (Å²) in [4.78, 5) is 39.2. The van der Waals surface area contributed by atoms with Gasteiger partial charge in [0, 0.05) is 19.6 Å². The van der Waals surface area contributed by atoms with Crippen molar-refractivity contribution in [3.05, 3.63) is 17.8 Å². The van der Waals surface area contributed by atoms with E-state index in [4.69, 9.17) is 9.72 Å². The van der Waals surface area contributed by atoms with Gasteiger partial charge in [-0.3, -0.25) is 14.7 Å². The second-order valence-corrected chi connectivity index (χ2v) is 9.23. The monoisotopic (exact) mass is 502 g/mol. The normalized spacial score (nSPS) is 13.9. The molecule has 2 aromatic rings. The summed E-state index contributed by atoms with van der Waals surface area (Å²) in [5.41, 5.74) is 1.69. The Balaban J connectivity index is 0.00000456. The molecule has 1 aliphatic rings. The van der Waals surface area contributed by atoms with Gasteiger partial charge in [0.1, 0.15) is 11.2 Å². The SMILES string of the molecule is C.CCCCN(CCCC)C(=O)c1ccc2nc(NC(=O)OCC)n(CCCN3CCCCC3)c2n1. The average Bonchev–Trinajstić information content (AvgIpc) is 3.20. The predicted molar refractivity (Wildman–Crippen MR) is 146 cm³/mol. The van der Waals surface area contributed by atoms with E-state index in [0.717, 1.165) is 64.8 Å². The number of nitrogens with one attached hydrogen (secondary N) is 1. The minimum absolute atomic E-state index is 0. The van der Waals surface area contributed by atoms with Gasteiger partial charge in [-0.15, -0.1) is 0 Å². The summed E-state index contributed by atoms with van der Waals surface area (Å²) >= 11 is 0. The zero-order valence-corrected chi connectivity index (χ0v) is 21.7. The zero-order chi connectivity index (χ0) is 25.0. The van der Waals surface area contributed by atoms with E-state index in [0.29, 0.717) is 29.4 Å². The lowest BCUT2D eigenvalue weighted by molar-refractivity contribution is 0.0745. The molecule has 2 aromatic heterocycles. The fourth-order valence-corrected chi connectivity index (χ4v) is 4.50. The van der Waals surface area contributed by atoms with Crippen LogP contribution in [0.15, 0.2) is 12.1 Å². The Hall–Kier alpha value is -2.68. The molecule has 9 heteroatoms. The number of pyridine rings is 1. The van der Waals surface area contributed by atoms with Gasteiger partial charge in [0.05, 0.1) is 6.61 Å². The van der Waals surface area contributed by atoms with Crippen LogP contribution in [0.4, 0.5) is 10.7 Å². The maximum Gasteiger partial charge on any atom is 0.413 e. The summed E-state index contributed by atoms with van der Waals surface area (Å²) in [6.07, 6.45) is 8.20. The zero-order valence-electron chi connectivity index (χ0n) is 21.7. The summed E-state index contributed by atoms with van der Waals surface area (Å²) < 4.78 is 6.98. The van der Waals surface area contributed by atoms with Crippen LogP contribution in [-0.4, -0.2) is 75.7 Å². The number of ether oxygens (including phenoxy) is 1. The van der Waals surface area contributed by atoms with E-state index in [9.17, 15) is 9.59 Å². The van der Waals surface area contributed by atoms with Crippen LogP contribution in [0.3, 0.4) is 0 Å². The first-order valence-corrected chi connectivity index (χ1v) is 13.4. The third kappa shape index (κ3) is 8.18. The number of rotatable bonds is 13. The standard InChI is InChI=1S/C26H42N6O3.CH4/c1-4-7-18-31(19-8-5-2)24(33)22-14-13-21-23(27-22)32(25(28-21)29-26(34)35-6-3)20-12-17-30-15-10-9-11-16-30;/h13-14H,4-12,15-20H2,1-3H3,(H,28,29,34);1H4. The molecule has 0 unspecified atom stereocenters. The van der Waals surface area contributed by atoms with E-state index in [-0.39, 0.29) is 19.9 Å². The van der Waals surface area contributed by atoms with Crippen molar-refractivity contribution in [3.63, 3.8) is 0 Å². The molecule has 1 fully saturated rings. The average molecular weight is 503 g/mol. The largest absolute Gasteiger partial charge is 0.450 e. The molecule has 0 spiro atoms. The number of hydrogen-bond donors (Lipinski definition) is 1. The van der Waals surface area contributed by atoms with Crippen LogP contribution in [0.5, 0.6) is 0 Å². The summed E-state index contributed by atoms with van der Waals surface area (Å²) in [7, 11) is 0. The lowest BCUT2D eigenvalue weighted by Crippen LogP contribution is -2.33. The molecule has 0 radical (unpaired) electrons. The molecule has 1 N–H and O–H groups in total. The molecule has 202 valence electrons. The smallest absolute Gasteiger partial charge is 0.413 e. The molecule has 0 aliphatic carbocycles. The Bertz CT molecular complexity index is 946. The first kappa shape index (κ1) is 29.5. The highest BCUT2D eigenvalue weighted by atomic mass is 16.5. The molecular weight excluding hydrogens is 456 g/mol. The number of fused-ring (bicyclic) bond motifs is 1. The predicted octanol–water partition coefficient (Wildman–Crippen LogP) is 5.55. The second kappa shape index (κ2) is 15.4. The van der Waals surface area contributed by atoms with Gasteiger partial charge in [-0.05, 0) is 70.8 Å². The molecule has 0 aromatic carbocycles. The van der Waals surface area contributed by atoms with E-state index in [1.807, 2.05) is 15.5 Å². The summed E-state index contributed by atoms with van der Waals surface area (Å²) in [5.74, 6) is 0.359. The number of piperidine rings is 1. The Labute approximate surface area is 216 Å². The van der Waals surface area contributed by atoms with Crippen LogP contribution < -0.4 is 5.32 Å². The van der Waals surface area contributed by atoms with Crippen LogP contribution in [0.1, 0.15) is 90.1 Å². The number of aryl methyl sites for hydroxylation is 1. The number of carbonyl (C=O) groups is 2. The minimum atomic E-state index is -0.540. The highest BCUT2D eigenvalue weighted by molar-refractivity contribution is 5.94.